The molecule has 2 aromatic rings. The van der Waals surface area contributed by atoms with Crippen molar-refractivity contribution in [2.75, 3.05) is 6.61 Å². The van der Waals surface area contributed by atoms with E-state index < -0.39 is 11.8 Å². The number of aliphatic hydroxyl groups excluding tert-OH is 1. The maximum atomic E-state index is 11.2. The first kappa shape index (κ1) is 19.7. The second-order valence-electron chi connectivity index (χ2n) is 4.60. The molecule has 2 heterocycles. The largest absolute Gasteiger partial charge is 0.506 e. The summed E-state index contributed by atoms with van der Waals surface area (Å²) in [5, 5.41) is 9.48. The van der Waals surface area contributed by atoms with E-state index in [-0.39, 0.29) is 23.8 Å². The van der Waals surface area contributed by atoms with Crippen LogP contribution in [0.1, 0.15) is 30.0 Å². The molecule has 0 spiro atoms. The first-order valence-corrected chi connectivity index (χ1v) is 7.40. The van der Waals surface area contributed by atoms with Crippen molar-refractivity contribution in [2.45, 2.75) is 13.8 Å². The molecule has 0 bridgehead atoms. The van der Waals surface area contributed by atoms with Gasteiger partial charge in [0.2, 0.25) is 0 Å². The quantitative estimate of drug-likeness (QED) is 0.292. The average molecular weight is 342 g/mol. The zero-order chi connectivity index (χ0) is 18.7. The number of rotatable bonds is 5. The van der Waals surface area contributed by atoms with Gasteiger partial charge in [-0.25, -0.2) is 4.79 Å². The van der Waals surface area contributed by atoms with Crippen LogP contribution in [0.2, 0.25) is 0 Å². The third-order valence-electron chi connectivity index (χ3n) is 2.70. The van der Waals surface area contributed by atoms with Crippen LogP contribution in [0, 0.1) is 0 Å². The molecule has 0 amide bonds. The number of ether oxygens (including phenoxy) is 1. The highest BCUT2D eigenvalue weighted by molar-refractivity contribution is 6.39. The molecule has 130 valence electrons. The molecule has 0 atom stereocenters. The van der Waals surface area contributed by atoms with Crippen molar-refractivity contribution >= 4 is 23.3 Å². The van der Waals surface area contributed by atoms with Crippen molar-refractivity contribution in [3.63, 3.8) is 0 Å². The van der Waals surface area contributed by atoms with E-state index in [1.165, 1.54) is 19.2 Å². The molecule has 7 heteroatoms. The van der Waals surface area contributed by atoms with Crippen LogP contribution in [0.4, 0.5) is 0 Å². The maximum absolute atomic E-state index is 11.2. The van der Waals surface area contributed by atoms with Gasteiger partial charge in [-0.1, -0.05) is 12.1 Å². The van der Waals surface area contributed by atoms with Crippen molar-refractivity contribution in [3.05, 3.63) is 66.3 Å². The van der Waals surface area contributed by atoms with Gasteiger partial charge in [0.05, 0.1) is 6.61 Å². The van der Waals surface area contributed by atoms with Gasteiger partial charge in [-0.2, -0.15) is 0 Å². The van der Waals surface area contributed by atoms with E-state index in [0.29, 0.717) is 5.69 Å². The molecule has 0 aliphatic heterocycles. The van der Waals surface area contributed by atoms with Gasteiger partial charge in [-0.3, -0.25) is 19.6 Å². The molecule has 2 rings (SSSR count). The van der Waals surface area contributed by atoms with Crippen LogP contribution >= 0.6 is 0 Å². The molecule has 0 saturated carbocycles. The number of aliphatic hydroxyl groups is 1. The van der Waals surface area contributed by atoms with Crippen molar-refractivity contribution in [3.8, 4) is 0 Å². The number of Topliss-reactive ketones (excluding diaryl/α,β-unsaturated/α-hetero) is 1. The summed E-state index contributed by atoms with van der Waals surface area (Å²) in [6.45, 7) is 3.21. The average Bonchev–Trinajstić information content (AvgIpc) is 2.63. The molecule has 1 N–H and O–H groups in total. The maximum Gasteiger partial charge on any atom is 0.379 e. The number of carbonyl (C=O) groups excluding carboxylic acids is 3. The van der Waals surface area contributed by atoms with E-state index in [0.717, 1.165) is 6.08 Å². The lowest BCUT2D eigenvalue weighted by Gasteiger charge is -1.99. The number of aromatic nitrogens is 2. The smallest absolute Gasteiger partial charge is 0.379 e. The van der Waals surface area contributed by atoms with Gasteiger partial charge in [0, 0.05) is 25.4 Å². The molecule has 0 fully saturated rings. The summed E-state index contributed by atoms with van der Waals surface area (Å²) in [7, 11) is 0. The fourth-order valence-corrected chi connectivity index (χ4v) is 1.54. The molecule has 25 heavy (non-hydrogen) atoms. The minimum Gasteiger partial charge on any atom is -0.506 e. The van der Waals surface area contributed by atoms with Crippen LogP contribution < -0.4 is 0 Å². The fourth-order valence-electron chi connectivity index (χ4n) is 1.54. The molecule has 2 aromatic heterocycles. The molecule has 0 saturated heterocycles. The summed E-state index contributed by atoms with van der Waals surface area (Å²) in [4.78, 5) is 40.4. The second kappa shape index (κ2) is 10.4. The number of ketones is 2. The molecule has 0 aliphatic carbocycles. The van der Waals surface area contributed by atoms with E-state index in [1.54, 1.807) is 43.5 Å². The summed E-state index contributed by atoms with van der Waals surface area (Å²) < 4.78 is 4.48. The molecule has 7 nitrogen and oxygen atoms in total. The fraction of sp³-hybridized carbons (Fsp3) is 0.167. The van der Waals surface area contributed by atoms with Crippen LogP contribution in [-0.4, -0.2) is 39.2 Å². The Morgan fingerprint density at radius 1 is 1.04 bits per heavy atom. The topological polar surface area (TPSA) is 106 Å². The first-order chi connectivity index (χ1) is 12.0. The lowest BCUT2D eigenvalue weighted by molar-refractivity contribution is -0.151. The third kappa shape index (κ3) is 7.17. The lowest BCUT2D eigenvalue weighted by atomic mass is 10.2. The Morgan fingerprint density at radius 3 is 2.00 bits per heavy atom. The van der Waals surface area contributed by atoms with E-state index in [1.807, 2.05) is 0 Å². The molecule has 0 aromatic carbocycles. The minimum atomic E-state index is -0.995. The van der Waals surface area contributed by atoms with Gasteiger partial charge in [-0.15, -0.1) is 0 Å². The molecule has 0 aliphatic rings. The summed E-state index contributed by atoms with van der Waals surface area (Å²) in [6.07, 6.45) is 3.87. The Hall–Kier alpha value is -3.35. The molecule has 0 radical (unpaired) electrons. The molecular weight excluding hydrogens is 324 g/mol. The van der Waals surface area contributed by atoms with Crippen molar-refractivity contribution < 1.29 is 24.2 Å². The van der Waals surface area contributed by atoms with Crippen LogP contribution in [0.3, 0.4) is 0 Å². The Kier molecular flexibility index (Phi) is 8.22. The highest BCUT2D eigenvalue weighted by Crippen LogP contribution is 2.06. The normalized spacial score (nSPS) is 10.2. The van der Waals surface area contributed by atoms with Gasteiger partial charge in [-0.05, 0) is 31.2 Å². The Balaban J connectivity index is 0.000000293. The Morgan fingerprint density at radius 2 is 1.60 bits per heavy atom. The number of pyridine rings is 2. The molecular formula is C18H18N2O5. The second-order valence-corrected chi connectivity index (χ2v) is 4.60. The number of carbonyl (C=O) groups is 3. The zero-order valence-corrected chi connectivity index (χ0v) is 13.9. The van der Waals surface area contributed by atoms with Gasteiger partial charge in [0.25, 0.3) is 5.78 Å². The lowest BCUT2D eigenvalue weighted by Crippen LogP contribution is -2.15. The van der Waals surface area contributed by atoms with Crippen molar-refractivity contribution in [1.82, 2.24) is 9.97 Å². The van der Waals surface area contributed by atoms with Gasteiger partial charge >= 0.3 is 5.97 Å². The van der Waals surface area contributed by atoms with Gasteiger partial charge < -0.3 is 9.84 Å². The summed E-state index contributed by atoms with van der Waals surface area (Å²) in [6, 6.07) is 10.1. The highest BCUT2D eigenvalue weighted by Gasteiger charge is 2.13. The summed E-state index contributed by atoms with van der Waals surface area (Å²) in [5.41, 5.74) is 0.748. The summed E-state index contributed by atoms with van der Waals surface area (Å²) in [5.74, 6) is -2.26. The van der Waals surface area contributed by atoms with E-state index in [9.17, 15) is 19.5 Å². The number of hydrogen-bond acceptors (Lipinski definition) is 7. The van der Waals surface area contributed by atoms with Crippen LogP contribution in [0.5, 0.6) is 0 Å². The standard InChI is InChI=1S/C11H11NO4.C7H7NO/c1-2-16-11(15)10(14)7-9(13)8-5-3-4-6-12-8;1-6(9)7-4-2-3-5-8-7/h3-7,13H,2H2,1H3;2-5H,1H3/b9-7-;. The summed E-state index contributed by atoms with van der Waals surface area (Å²) >= 11 is 0. The van der Waals surface area contributed by atoms with Crippen LogP contribution in [0.15, 0.2) is 54.9 Å². The van der Waals surface area contributed by atoms with Crippen molar-refractivity contribution in [2.24, 2.45) is 0 Å². The van der Waals surface area contributed by atoms with Crippen LogP contribution in [-0.2, 0) is 14.3 Å². The predicted octanol–water partition coefficient (Wildman–Crippen LogP) is 2.40. The number of esters is 1. The molecule has 0 unspecified atom stereocenters. The van der Waals surface area contributed by atoms with E-state index >= 15 is 0 Å². The Bertz CT molecular complexity index is 743. The minimum absolute atomic E-state index is 0.00981. The zero-order valence-electron chi connectivity index (χ0n) is 13.9. The third-order valence-corrected chi connectivity index (χ3v) is 2.70. The monoisotopic (exact) mass is 342 g/mol. The Labute approximate surface area is 145 Å². The van der Waals surface area contributed by atoms with Crippen molar-refractivity contribution in [1.29, 1.82) is 0 Å². The first-order valence-electron chi connectivity index (χ1n) is 7.40. The number of hydrogen-bond donors (Lipinski definition) is 1. The van der Waals surface area contributed by atoms with Gasteiger partial charge in [0.1, 0.15) is 17.1 Å². The van der Waals surface area contributed by atoms with E-state index in [2.05, 4.69) is 14.7 Å². The number of nitrogens with zero attached hydrogens (tertiary/aromatic N) is 2. The van der Waals surface area contributed by atoms with Crippen LogP contribution in [0.25, 0.3) is 5.76 Å². The van der Waals surface area contributed by atoms with Gasteiger partial charge in [0.15, 0.2) is 5.78 Å². The highest BCUT2D eigenvalue weighted by atomic mass is 16.5. The van der Waals surface area contributed by atoms with E-state index in [4.69, 9.17) is 0 Å². The predicted molar refractivity (Wildman–Crippen MR) is 90.7 cm³/mol. The SMILES string of the molecule is CC(=O)c1ccccn1.CCOC(=O)C(=O)/C=C(\O)c1ccccn1.